The summed E-state index contributed by atoms with van der Waals surface area (Å²) in [6.45, 7) is 9.73. The second-order valence-electron chi connectivity index (χ2n) is 9.56. The zero-order chi connectivity index (χ0) is 25.3. The van der Waals surface area contributed by atoms with Crippen molar-refractivity contribution in [3.8, 4) is 0 Å². The molecule has 0 radical (unpaired) electrons. The molecule has 2 aliphatic heterocycles. The molecule has 8 nitrogen and oxygen atoms in total. The monoisotopic (exact) mass is 519 g/mol. The van der Waals surface area contributed by atoms with E-state index in [0.29, 0.717) is 41.1 Å². The van der Waals surface area contributed by atoms with Crippen LogP contribution in [0.25, 0.3) is 0 Å². The Morgan fingerprint density at radius 2 is 1.80 bits per heavy atom. The Bertz CT molecular complexity index is 1200. The number of ether oxygens (including phenoxy) is 1. The molecule has 2 aromatic rings. The number of carbonyl (C=O) groups excluding carboxylic acids is 2. The number of rotatable bonds is 6. The van der Waals surface area contributed by atoms with Gasteiger partial charge in [0.2, 0.25) is 10.0 Å². The first kappa shape index (κ1) is 25.8. The van der Waals surface area contributed by atoms with Crippen molar-refractivity contribution in [1.29, 1.82) is 0 Å². The Morgan fingerprint density at radius 1 is 1.14 bits per heavy atom. The lowest BCUT2D eigenvalue weighted by Crippen LogP contribution is -2.42. The molecular formula is C25H33N3O5S2. The van der Waals surface area contributed by atoms with Crippen LogP contribution in [-0.4, -0.2) is 62.8 Å². The predicted octanol–water partition coefficient (Wildman–Crippen LogP) is 3.83. The molecule has 1 aromatic carbocycles. The van der Waals surface area contributed by atoms with Crippen molar-refractivity contribution in [1.82, 2.24) is 9.21 Å². The molecule has 1 saturated heterocycles. The minimum atomic E-state index is -3.62. The van der Waals surface area contributed by atoms with Gasteiger partial charge < -0.3 is 10.1 Å². The van der Waals surface area contributed by atoms with E-state index in [0.717, 1.165) is 42.9 Å². The van der Waals surface area contributed by atoms with E-state index in [-0.39, 0.29) is 4.90 Å². The smallest absolute Gasteiger partial charge is 0.341 e. The first-order valence-corrected chi connectivity index (χ1v) is 14.3. The van der Waals surface area contributed by atoms with Gasteiger partial charge in [0.1, 0.15) is 5.00 Å². The molecule has 0 bridgehead atoms. The lowest BCUT2D eigenvalue weighted by atomic mass is 9.94. The molecule has 2 atom stereocenters. The molecule has 2 unspecified atom stereocenters. The highest BCUT2D eigenvalue weighted by Crippen LogP contribution is 2.38. The maximum atomic E-state index is 13.1. The fourth-order valence-corrected chi connectivity index (χ4v) is 7.99. The normalized spacial score (nSPS) is 21.4. The van der Waals surface area contributed by atoms with E-state index in [1.807, 2.05) is 0 Å². The number of likely N-dealkylation sites (N-methyl/N-ethyl adjacent to an activating group) is 1. The van der Waals surface area contributed by atoms with Crippen LogP contribution in [0.1, 0.15) is 58.3 Å². The lowest BCUT2D eigenvalue weighted by Gasteiger charge is -2.34. The summed E-state index contributed by atoms with van der Waals surface area (Å²) in [6, 6.07) is 5.99. The highest BCUT2D eigenvalue weighted by atomic mass is 32.2. The third-order valence-electron chi connectivity index (χ3n) is 6.79. The number of esters is 1. The van der Waals surface area contributed by atoms with Crippen LogP contribution in [0.3, 0.4) is 0 Å². The number of anilines is 1. The number of piperidine rings is 1. The average molecular weight is 520 g/mol. The molecule has 1 aromatic heterocycles. The van der Waals surface area contributed by atoms with Gasteiger partial charge in [0, 0.05) is 36.6 Å². The molecule has 0 saturated carbocycles. The topological polar surface area (TPSA) is 96.0 Å². The maximum absolute atomic E-state index is 13.1. The summed E-state index contributed by atoms with van der Waals surface area (Å²) in [6.07, 6.45) is 1.74. The van der Waals surface area contributed by atoms with Crippen molar-refractivity contribution >= 4 is 38.2 Å². The van der Waals surface area contributed by atoms with Crippen LogP contribution in [0.5, 0.6) is 0 Å². The fraction of sp³-hybridized carbons (Fsp3) is 0.520. The van der Waals surface area contributed by atoms with E-state index in [4.69, 9.17) is 4.74 Å². The van der Waals surface area contributed by atoms with E-state index >= 15 is 0 Å². The number of thiophene rings is 1. The molecule has 4 rings (SSSR count). The third-order valence-corrected chi connectivity index (χ3v) is 9.77. The minimum Gasteiger partial charge on any atom is -0.465 e. The van der Waals surface area contributed by atoms with Crippen LogP contribution < -0.4 is 5.32 Å². The summed E-state index contributed by atoms with van der Waals surface area (Å²) in [5.74, 6) is -0.244. The van der Waals surface area contributed by atoms with Crippen molar-refractivity contribution in [2.45, 2.75) is 45.1 Å². The molecule has 0 spiro atoms. The van der Waals surface area contributed by atoms with Gasteiger partial charge in [0.15, 0.2) is 0 Å². The zero-order valence-electron chi connectivity index (χ0n) is 20.7. The highest BCUT2D eigenvalue weighted by molar-refractivity contribution is 7.89. The molecule has 1 N–H and O–H groups in total. The Kier molecular flexibility index (Phi) is 7.65. The van der Waals surface area contributed by atoms with Gasteiger partial charge >= 0.3 is 5.97 Å². The second kappa shape index (κ2) is 10.4. The third kappa shape index (κ3) is 5.30. The molecule has 2 aliphatic rings. The predicted molar refractivity (Wildman–Crippen MR) is 136 cm³/mol. The number of benzene rings is 1. The number of methoxy groups -OCH3 is 1. The van der Waals surface area contributed by atoms with E-state index in [1.165, 1.54) is 42.7 Å². The van der Waals surface area contributed by atoms with Gasteiger partial charge in [-0.25, -0.2) is 13.2 Å². The second-order valence-corrected chi connectivity index (χ2v) is 12.6. The quantitative estimate of drug-likeness (QED) is 0.583. The van der Waals surface area contributed by atoms with Crippen LogP contribution in [0, 0.1) is 11.8 Å². The number of sulfonamides is 1. The average Bonchev–Trinajstić information content (AvgIpc) is 3.19. The molecule has 1 fully saturated rings. The molecule has 190 valence electrons. The van der Waals surface area contributed by atoms with E-state index in [2.05, 4.69) is 31.0 Å². The Morgan fingerprint density at radius 3 is 2.40 bits per heavy atom. The Labute approximate surface area is 211 Å². The van der Waals surface area contributed by atoms with Crippen LogP contribution >= 0.6 is 11.3 Å². The number of carbonyl (C=O) groups is 2. The van der Waals surface area contributed by atoms with Crippen molar-refractivity contribution < 1.29 is 22.7 Å². The standard InChI is InChI=1S/C25H33N3O5S2/c1-5-27-11-10-20-21(15-27)34-24(22(20)25(30)33-4)26-23(29)18-6-8-19(9-7-18)35(31,32)28-13-16(2)12-17(3)14-28/h6-9,16-17H,5,10-15H2,1-4H3,(H,26,29). The van der Waals surface area contributed by atoms with Crippen molar-refractivity contribution in [3.05, 3.63) is 45.8 Å². The molecule has 10 heteroatoms. The van der Waals surface area contributed by atoms with E-state index < -0.39 is 21.9 Å². The number of nitrogens with one attached hydrogen (secondary N) is 1. The van der Waals surface area contributed by atoms with Crippen LogP contribution in [0.15, 0.2) is 29.2 Å². The highest BCUT2D eigenvalue weighted by Gasteiger charge is 2.32. The molecular weight excluding hydrogens is 486 g/mol. The van der Waals surface area contributed by atoms with E-state index in [9.17, 15) is 18.0 Å². The fourth-order valence-electron chi connectivity index (χ4n) is 5.04. The summed E-state index contributed by atoms with van der Waals surface area (Å²) in [5, 5.41) is 3.34. The number of hydrogen-bond donors (Lipinski definition) is 1. The van der Waals surface area contributed by atoms with Gasteiger partial charge in [-0.3, -0.25) is 9.69 Å². The molecule has 0 aliphatic carbocycles. The first-order valence-electron chi connectivity index (χ1n) is 12.0. The number of nitrogens with zero attached hydrogens (tertiary/aromatic N) is 2. The summed E-state index contributed by atoms with van der Waals surface area (Å²) < 4.78 is 32.8. The Balaban J connectivity index is 1.54. The molecule has 3 heterocycles. The largest absolute Gasteiger partial charge is 0.465 e. The van der Waals surface area contributed by atoms with Gasteiger partial charge in [-0.05, 0) is 61.1 Å². The van der Waals surface area contributed by atoms with Gasteiger partial charge in [0.25, 0.3) is 5.91 Å². The van der Waals surface area contributed by atoms with Gasteiger partial charge in [-0.1, -0.05) is 20.8 Å². The summed E-state index contributed by atoms with van der Waals surface area (Å²) >= 11 is 1.40. The summed E-state index contributed by atoms with van der Waals surface area (Å²) in [7, 11) is -2.29. The molecule has 1 amide bonds. The van der Waals surface area contributed by atoms with Crippen molar-refractivity contribution in [2.24, 2.45) is 11.8 Å². The summed E-state index contributed by atoms with van der Waals surface area (Å²) in [4.78, 5) is 29.1. The van der Waals surface area contributed by atoms with Crippen LogP contribution in [0.4, 0.5) is 5.00 Å². The van der Waals surface area contributed by atoms with Gasteiger partial charge in [-0.15, -0.1) is 11.3 Å². The van der Waals surface area contributed by atoms with Crippen molar-refractivity contribution in [3.63, 3.8) is 0 Å². The first-order chi connectivity index (χ1) is 16.6. The maximum Gasteiger partial charge on any atom is 0.341 e. The van der Waals surface area contributed by atoms with Crippen LogP contribution in [0.2, 0.25) is 0 Å². The molecule has 35 heavy (non-hydrogen) atoms. The lowest BCUT2D eigenvalue weighted by molar-refractivity contribution is 0.0600. The Hall–Kier alpha value is -2.27. The van der Waals surface area contributed by atoms with E-state index in [1.54, 1.807) is 4.31 Å². The SMILES string of the molecule is CCN1CCc2c(sc(NC(=O)c3ccc(S(=O)(=O)N4CC(C)CC(C)C4)cc3)c2C(=O)OC)C1. The number of hydrogen-bond acceptors (Lipinski definition) is 7. The minimum absolute atomic E-state index is 0.178. The van der Waals surface area contributed by atoms with Crippen LogP contribution in [-0.2, 0) is 27.7 Å². The van der Waals surface area contributed by atoms with Gasteiger partial charge in [-0.2, -0.15) is 4.31 Å². The number of amides is 1. The summed E-state index contributed by atoms with van der Waals surface area (Å²) in [5.41, 5.74) is 1.68. The number of fused-ring (bicyclic) bond motifs is 1. The van der Waals surface area contributed by atoms with Crippen molar-refractivity contribution in [2.75, 3.05) is 38.6 Å². The van der Waals surface area contributed by atoms with Gasteiger partial charge in [0.05, 0.1) is 17.6 Å². The zero-order valence-corrected chi connectivity index (χ0v) is 22.3.